The molecule has 2 unspecified atom stereocenters. The molecule has 0 aliphatic heterocycles. The van der Waals surface area contributed by atoms with Crippen LogP contribution in [0, 0.1) is 5.92 Å². The SMILES string of the molecule is CSc1ccccc1NC(=O)CN(C)C(=O)C1CC1c1ccccc1Cl. The number of benzene rings is 2. The Kier molecular flexibility index (Phi) is 5.89. The van der Waals surface area contributed by atoms with E-state index in [4.69, 9.17) is 11.6 Å². The summed E-state index contributed by atoms with van der Waals surface area (Å²) in [6.07, 6.45) is 2.74. The molecule has 2 aromatic rings. The molecule has 0 radical (unpaired) electrons. The molecule has 136 valence electrons. The van der Waals surface area contributed by atoms with Crippen LogP contribution in [0.3, 0.4) is 0 Å². The van der Waals surface area contributed by atoms with Gasteiger partial charge < -0.3 is 10.2 Å². The van der Waals surface area contributed by atoms with E-state index in [0.717, 1.165) is 22.6 Å². The van der Waals surface area contributed by atoms with Crippen molar-refractivity contribution in [2.45, 2.75) is 17.2 Å². The Morgan fingerprint density at radius 1 is 1.19 bits per heavy atom. The Balaban J connectivity index is 1.57. The van der Waals surface area contributed by atoms with E-state index in [-0.39, 0.29) is 30.2 Å². The van der Waals surface area contributed by atoms with Gasteiger partial charge in [-0.25, -0.2) is 0 Å². The summed E-state index contributed by atoms with van der Waals surface area (Å²) < 4.78 is 0. The molecular formula is C20H21ClN2O2S. The second kappa shape index (κ2) is 8.14. The average molecular weight is 389 g/mol. The highest BCUT2D eigenvalue weighted by molar-refractivity contribution is 7.98. The Hall–Kier alpha value is -1.98. The van der Waals surface area contributed by atoms with E-state index >= 15 is 0 Å². The molecule has 0 spiro atoms. The van der Waals surface area contributed by atoms with Gasteiger partial charge in [-0.15, -0.1) is 11.8 Å². The number of carbonyl (C=O) groups excluding carboxylic acids is 2. The third-order valence-electron chi connectivity index (χ3n) is 4.55. The maximum absolute atomic E-state index is 12.6. The third-order valence-corrected chi connectivity index (χ3v) is 5.69. The highest BCUT2D eigenvalue weighted by Crippen LogP contribution is 2.50. The molecule has 0 saturated heterocycles. The van der Waals surface area contributed by atoms with E-state index in [1.807, 2.05) is 54.8 Å². The van der Waals surface area contributed by atoms with Gasteiger partial charge in [0.05, 0.1) is 12.2 Å². The van der Waals surface area contributed by atoms with Crippen molar-refractivity contribution < 1.29 is 9.59 Å². The van der Waals surface area contributed by atoms with Crippen molar-refractivity contribution in [1.29, 1.82) is 0 Å². The number of hydrogen-bond donors (Lipinski definition) is 1. The summed E-state index contributed by atoms with van der Waals surface area (Å²) in [7, 11) is 1.67. The molecular weight excluding hydrogens is 368 g/mol. The lowest BCUT2D eigenvalue weighted by Crippen LogP contribution is -2.36. The number of para-hydroxylation sites is 1. The van der Waals surface area contributed by atoms with Gasteiger partial charge in [0.15, 0.2) is 0 Å². The molecule has 4 nitrogen and oxygen atoms in total. The van der Waals surface area contributed by atoms with Crippen LogP contribution in [0.4, 0.5) is 5.69 Å². The highest BCUT2D eigenvalue weighted by atomic mass is 35.5. The number of rotatable bonds is 6. The summed E-state index contributed by atoms with van der Waals surface area (Å²) in [6, 6.07) is 15.2. The molecule has 0 bridgehead atoms. The zero-order chi connectivity index (χ0) is 18.7. The second-order valence-corrected chi connectivity index (χ2v) is 7.67. The van der Waals surface area contributed by atoms with Gasteiger partial charge in [-0.05, 0) is 42.4 Å². The molecule has 1 aliphatic rings. The molecule has 0 heterocycles. The first-order chi connectivity index (χ1) is 12.5. The summed E-state index contributed by atoms with van der Waals surface area (Å²) in [5.41, 5.74) is 1.78. The monoisotopic (exact) mass is 388 g/mol. The van der Waals surface area contributed by atoms with E-state index in [0.29, 0.717) is 5.02 Å². The summed E-state index contributed by atoms with van der Waals surface area (Å²) in [5, 5.41) is 3.58. The number of amides is 2. The Bertz CT molecular complexity index is 827. The number of halogens is 1. The fourth-order valence-corrected chi connectivity index (χ4v) is 3.93. The van der Waals surface area contributed by atoms with Crippen molar-refractivity contribution in [1.82, 2.24) is 4.90 Å². The van der Waals surface area contributed by atoms with Crippen LogP contribution in [0.5, 0.6) is 0 Å². The number of anilines is 1. The van der Waals surface area contributed by atoms with E-state index in [2.05, 4.69) is 5.32 Å². The topological polar surface area (TPSA) is 49.4 Å². The first-order valence-electron chi connectivity index (χ1n) is 8.43. The molecule has 2 aromatic carbocycles. The predicted molar refractivity (Wildman–Crippen MR) is 107 cm³/mol. The standard InChI is InChI=1S/C20H21ClN2O2S/c1-23(12-19(24)22-17-9-5-6-10-18(17)26-2)20(25)15-11-14(15)13-7-3-4-8-16(13)21/h3-10,14-15H,11-12H2,1-2H3,(H,22,24). The number of likely N-dealkylation sites (N-methyl/N-ethyl adjacent to an activating group) is 1. The van der Waals surface area contributed by atoms with Crippen LogP contribution >= 0.6 is 23.4 Å². The van der Waals surface area contributed by atoms with E-state index in [1.165, 1.54) is 4.90 Å². The molecule has 6 heteroatoms. The highest BCUT2D eigenvalue weighted by Gasteiger charge is 2.46. The predicted octanol–water partition coefficient (Wildman–Crippen LogP) is 4.26. The van der Waals surface area contributed by atoms with Crippen LogP contribution in [0.25, 0.3) is 0 Å². The second-order valence-electron chi connectivity index (χ2n) is 6.41. The van der Waals surface area contributed by atoms with Crippen LogP contribution < -0.4 is 5.32 Å². The zero-order valence-electron chi connectivity index (χ0n) is 14.7. The van der Waals surface area contributed by atoms with Crippen molar-refractivity contribution in [3.05, 3.63) is 59.1 Å². The molecule has 0 aromatic heterocycles. The fraction of sp³-hybridized carbons (Fsp3) is 0.300. The lowest BCUT2D eigenvalue weighted by atomic mass is 10.1. The molecule has 2 amide bonds. The molecule has 1 saturated carbocycles. The normalized spacial score (nSPS) is 18.3. The first-order valence-corrected chi connectivity index (χ1v) is 10.0. The van der Waals surface area contributed by atoms with Gasteiger partial charge in [0.2, 0.25) is 11.8 Å². The van der Waals surface area contributed by atoms with Crippen LogP contribution in [-0.2, 0) is 9.59 Å². The summed E-state index contributed by atoms with van der Waals surface area (Å²) in [5.74, 6) is -0.148. The van der Waals surface area contributed by atoms with Gasteiger partial charge >= 0.3 is 0 Å². The number of nitrogens with one attached hydrogen (secondary N) is 1. The van der Waals surface area contributed by atoms with Gasteiger partial charge in [0.1, 0.15) is 0 Å². The van der Waals surface area contributed by atoms with E-state index < -0.39 is 0 Å². The number of nitrogens with zero attached hydrogens (tertiary/aromatic N) is 1. The number of carbonyl (C=O) groups is 2. The van der Waals surface area contributed by atoms with Crippen LogP contribution in [0.2, 0.25) is 5.02 Å². The molecule has 3 rings (SSSR count). The van der Waals surface area contributed by atoms with Gasteiger partial charge in [-0.1, -0.05) is 41.9 Å². The van der Waals surface area contributed by atoms with Gasteiger partial charge in [-0.3, -0.25) is 9.59 Å². The zero-order valence-corrected chi connectivity index (χ0v) is 16.3. The average Bonchev–Trinajstić information content (AvgIpc) is 3.42. The maximum Gasteiger partial charge on any atom is 0.244 e. The summed E-state index contributed by atoms with van der Waals surface area (Å²) in [4.78, 5) is 27.4. The quantitative estimate of drug-likeness (QED) is 0.752. The molecule has 2 atom stereocenters. The summed E-state index contributed by atoms with van der Waals surface area (Å²) >= 11 is 7.79. The minimum atomic E-state index is -0.197. The van der Waals surface area contributed by atoms with E-state index in [1.54, 1.807) is 18.8 Å². The Morgan fingerprint density at radius 2 is 1.88 bits per heavy atom. The minimum Gasteiger partial charge on any atom is -0.336 e. The lowest BCUT2D eigenvalue weighted by molar-refractivity contribution is -0.134. The molecule has 26 heavy (non-hydrogen) atoms. The number of hydrogen-bond acceptors (Lipinski definition) is 3. The maximum atomic E-state index is 12.6. The largest absolute Gasteiger partial charge is 0.336 e. The van der Waals surface area contributed by atoms with Crippen LogP contribution in [0.1, 0.15) is 17.9 Å². The first kappa shape index (κ1) is 18.8. The molecule has 1 N–H and O–H groups in total. The van der Waals surface area contributed by atoms with Crippen molar-refractivity contribution in [3.63, 3.8) is 0 Å². The Labute approximate surface area is 162 Å². The van der Waals surface area contributed by atoms with Gasteiger partial charge in [0.25, 0.3) is 0 Å². The van der Waals surface area contributed by atoms with E-state index in [9.17, 15) is 9.59 Å². The summed E-state index contributed by atoms with van der Waals surface area (Å²) in [6.45, 7) is 0.0350. The van der Waals surface area contributed by atoms with Crippen molar-refractivity contribution in [2.24, 2.45) is 5.92 Å². The van der Waals surface area contributed by atoms with Gasteiger partial charge in [0, 0.05) is 22.9 Å². The fourth-order valence-electron chi connectivity index (χ4n) is 3.10. The van der Waals surface area contributed by atoms with Crippen LogP contribution in [-0.4, -0.2) is 36.6 Å². The lowest BCUT2D eigenvalue weighted by Gasteiger charge is -2.18. The van der Waals surface area contributed by atoms with Crippen molar-refractivity contribution in [3.8, 4) is 0 Å². The van der Waals surface area contributed by atoms with Crippen molar-refractivity contribution in [2.75, 3.05) is 25.2 Å². The third kappa shape index (κ3) is 4.22. The Morgan fingerprint density at radius 3 is 2.62 bits per heavy atom. The van der Waals surface area contributed by atoms with Gasteiger partial charge in [-0.2, -0.15) is 0 Å². The molecule has 1 aliphatic carbocycles. The molecule has 1 fully saturated rings. The van der Waals surface area contributed by atoms with Crippen molar-refractivity contribution >= 4 is 40.9 Å². The smallest absolute Gasteiger partial charge is 0.244 e. The minimum absolute atomic E-state index is 0.0109. The van der Waals surface area contributed by atoms with Crippen LogP contribution in [0.15, 0.2) is 53.4 Å². The number of thioether (sulfide) groups is 1.